The van der Waals surface area contributed by atoms with E-state index in [1.54, 1.807) is 6.20 Å². The van der Waals surface area contributed by atoms with Gasteiger partial charge in [-0.3, -0.25) is 14.4 Å². The predicted octanol–water partition coefficient (Wildman–Crippen LogP) is 0.220. The first kappa shape index (κ1) is 27.4. The van der Waals surface area contributed by atoms with Gasteiger partial charge in [-0.15, -0.1) is 0 Å². The van der Waals surface area contributed by atoms with Crippen molar-refractivity contribution in [2.24, 2.45) is 11.7 Å². The lowest BCUT2D eigenvalue weighted by Crippen LogP contribution is -2.57. The molecule has 0 saturated carbocycles. The maximum atomic E-state index is 13.3. The average Bonchev–Trinajstić information content (AvgIpc) is 3.52. The summed E-state index contributed by atoms with van der Waals surface area (Å²) in [5.74, 6) is -2.93. The molecule has 0 aliphatic carbocycles. The van der Waals surface area contributed by atoms with Crippen LogP contribution in [0.1, 0.15) is 31.5 Å². The number of para-hydroxylation sites is 1. The van der Waals surface area contributed by atoms with E-state index in [9.17, 15) is 24.3 Å². The maximum absolute atomic E-state index is 13.3. The number of hydrogen-bond acceptors (Lipinski definition) is 6. The fraction of sp³-hybridized carbons (Fsp3) is 0.400. The predicted molar refractivity (Wildman–Crippen MR) is 136 cm³/mol. The van der Waals surface area contributed by atoms with Gasteiger partial charge in [-0.1, -0.05) is 32.0 Å². The van der Waals surface area contributed by atoms with Crippen LogP contribution in [0, 0.1) is 5.92 Å². The van der Waals surface area contributed by atoms with Crippen molar-refractivity contribution >= 4 is 34.6 Å². The highest BCUT2D eigenvalue weighted by molar-refractivity contribution is 5.94. The van der Waals surface area contributed by atoms with E-state index in [1.165, 1.54) is 12.5 Å². The zero-order chi connectivity index (χ0) is 26.9. The Morgan fingerprint density at radius 3 is 2.32 bits per heavy atom. The molecule has 12 nitrogen and oxygen atoms in total. The van der Waals surface area contributed by atoms with Crippen molar-refractivity contribution in [1.29, 1.82) is 0 Å². The van der Waals surface area contributed by atoms with Crippen LogP contribution in [0.2, 0.25) is 0 Å². The van der Waals surface area contributed by atoms with Crippen molar-refractivity contribution in [3.63, 3.8) is 0 Å². The van der Waals surface area contributed by atoms with Crippen molar-refractivity contribution in [1.82, 2.24) is 30.9 Å². The Balaban J connectivity index is 1.77. The third kappa shape index (κ3) is 7.64. The highest BCUT2D eigenvalue weighted by Gasteiger charge is 2.30. The van der Waals surface area contributed by atoms with Gasteiger partial charge >= 0.3 is 5.97 Å². The van der Waals surface area contributed by atoms with Gasteiger partial charge in [0.15, 0.2) is 0 Å². The van der Waals surface area contributed by atoms with Crippen LogP contribution in [0.15, 0.2) is 43.0 Å². The molecule has 0 radical (unpaired) electrons. The number of fused-ring (bicyclic) bond motifs is 1. The molecule has 0 spiro atoms. The minimum absolute atomic E-state index is 0.000829. The second-order valence-electron chi connectivity index (χ2n) is 9.26. The molecule has 0 aliphatic heterocycles. The molecule has 3 atom stereocenters. The number of amides is 3. The number of benzene rings is 1. The summed E-state index contributed by atoms with van der Waals surface area (Å²) in [5, 5.41) is 18.4. The van der Waals surface area contributed by atoms with Crippen LogP contribution in [-0.4, -0.2) is 68.4 Å². The number of nitrogens with zero attached hydrogens (tertiary/aromatic N) is 1. The molecular formula is C25H33N7O5. The highest BCUT2D eigenvalue weighted by atomic mass is 16.4. The van der Waals surface area contributed by atoms with Crippen molar-refractivity contribution in [2.75, 3.05) is 6.54 Å². The van der Waals surface area contributed by atoms with E-state index in [1.807, 2.05) is 38.1 Å². The van der Waals surface area contributed by atoms with Crippen LogP contribution in [0.25, 0.3) is 10.9 Å². The average molecular weight is 512 g/mol. The smallest absolute Gasteiger partial charge is 0.326 e. The number of aromatic nitrogens is 3. The Kier molecular flexibility index (Phi) is 9.39. The van der Waals surface area contributed by atoms with Crippen LogP contribution in [0.5, 0.6) is 0 Å². The van der Waals surface area contributed by atoms with Gasteiger partial charge in [0, 0.05) is 41.8 Å². The lowest BCUT2D eigenvalue weighted by molar-refractivity contribution is -0.142. The molecule has 0 aliphatic rings. The first-order valence-corrected chi connectivity index (χ1v) is 12.0. The van der Waals surface area contributed by atoms with E-state index < -0.39 is 41.8 Å². The van der Waals surface area contributed by atoms with Gasteiger partial charge in [0.05, 0.1) is 12.9 Å². The number of carboxylic acid groups (broad SMARTS) is 1. The van der Waals surface area contributed by atoms with Crippen LogP contribution < -0.4 is 21.7 Å². The lowest BCUT2D eigenvalue weighted by atomic mass is 10.00. The summed E-state index contributed by atoms with van der Waals surface area (Å²) in [7, 11) is 0. The van der Waals surface area contributed by atoms with Gasteiger partial charge in [0.1, 0.15) is 18.1 Å². The number of nitrogens with one attached hydrogen (secondary N) is 5. The standard InChI is InChI=1S/C25H33N7O5/c1-14(2)7-19(23(34)32-21(25(36)37)9-16-12-27-13-29-16)31-24(35)20(30-22(33)10-26)8-15-11-28-18-6-4-3-5-17(15)18/h3-6,11-14,19-21,28H,7-10,26H2,1-2H3,(H,27,29)(H,30,33)(H,31,35)(H,32,34)(H,36,37). The molecule has 198 valence electrons. The first-order chi connectivity index (χ1) is 17.7. The van der Waals surface area contributed by atoms with Crippen molar-refractivity contribution in [3.8, 4) is 0 Å². The monoisotopic (exact) mass is 511 g/mol. The van der Waals surface area contributed by atoms with Crippen LogP contribution in [0.3, 0.4) is 0 Å². The Morgan fingerprint density at radius 1 is 0.973 bits per heavy atom. The number of imidazole rings is 1. The molecule has 3 aromatic rings. The van der Waals surface area contributed by atoms with Crippen LogP contribution in [-0.2, 0) is 32.0 Å². The Morgan fingerprint density at radius 2 is 1.68 bits per heavy atom. The second kappa shape index (κ2) is 12.7. The first-order valence-electron chi connectivity index (χ1n) is 12.0. The summed E-state index contributed by atoms with van der Waals surface area (Å²) in [6.07, 6.45) is 5.09. The zero-order valence-electron chi connectivity index (χ0n) is 20.8. The quantitative estimate of drug-likeness (QED) is 0.170. The molecule has 37 heavy (non-hydrogen) atoms. The Labute approximate surface area is 213 Å². The minimum atomic E-state index is -1.22. The molecule has 12 heteroatoms. The number of aromatic amines is 2. The third-order valence-corrected chi connectivity index (χ3v) is 5.87. The van der Waals surface area contributed by atoms with E-state index in [4.69, 9.17) is 5.73 Å². The van der Waals surface area contributed by atoms with E-state index in [0.717, 1.165) is 16.5 Å². The normalized spacial score (nSPS) is 13.6. The molecule has 0 fully saturated rings. The Hall–Kier alpha value is -4.19. The molecule has 2 heterocycles. The van der Waals surface area contributed by atoms with Crippen LogP contribution >= 0.6 is 0 Å². The number of aliphatic carboxylic acids is 1. The molecule has 3 rings (SSSR count). The number of carboxylic acids is 1. The van der Waals surface area contributed by atoms with Gasteiger partial charge in [-0.2, -0.15) is 0 Å². The molecule has 0 saturated heterocycles. The molecule has 1 aromatic carbocycles. The van der Waals surface area contributed by atoms with Crippen LogP contribution in [0.4, 0.5) is 0 Å². The summed E-state index contributed by atoms with van der Waals surface area (Å²) in [6.45, 7) is 3.46. The van der Waals surface area contributed by atoms with Gasteiger partial charge in [-0.25, -0.2) is 9.78 Å². The molecule has 3 unspecified atom stereocenters. The Bertz CT molecular complexity index is 1220. The van der Waals surface area contributed by atoms with Gasteiger partial charge < -0.3 is 36.8 Å². The van der Waals surface area contributed by atoms with Gasteiger partial charge in [0.2, 0.25) is 17.7 Å². The SMILES string of the molecule is CC(C)CC(NC(=O)C(Cc1c[nH]c2ccccc12)NC(=O)CN)C(=O)NC(Cc1cnc[nH]1)C(=O)O. The fourth-order valence-electron chi connectivity index (χ4n) is 4.05. The van der Waals surface area contributed by atoms with E-state index in [-0.39, 0.29) is 31.7 Å². The summed E-state index contributed by atoms with van der Waals surface area (Å²) in [6, 6.07) is 4.32. The summed E-state index contributed by atoms with van der Waals surface area (Å²) < 4.78 is 0. The zero-order valence-corrected chi connectivity index (χ0v) is 20.8. The number of nitrogens with two attached hydrogens (primary N) is 1. The number of H-pyrrole nitrogens is 2. The van der Waals surface area contributed by atoms with Gasteiger partial charge in [0.25, 0.3) is 0 Å². The van der Waals surface area contributed by atoms with Crippen molar-refractivity contribution < 1.29 is 24.3 Å². The fourth-order valence-corrected chi connectivity index (χ4v) is 4.05. The molecule has 3 amide bonds. The summed E-state index contributed by atoms with van der Waals surface area (Å²) >= 11 is 0. The topological polar surface area (TPSA) is 195 Å². The van der Waals surface area contributed by atoms with Gasteiger partial charge in [-0.05, 0) is 24.0 Å². The molecule has 2 aromatic heterocycles. The number of carbonyl (C=O) groups excluding carboxylic acids is 3. The third-order valence-electron chi connectivity index (χ3n) is 5.87. The second-order valence-corrected chi connectivity index (χ2v) is 9.26. The number of carbonyl (C=O) groups is 4. The summed E-state index contributed by atoms with van der Waals surface area (Å²) in [4.78, 5) is 60.2. The maximum Gasteiger partial charge on any atom is 0.326 e. The minimum Gasteiger partial charge on any atom is -0.480 e. The number of rotatable bonds is 13. The summed E-state index contributed by atoms with van der Waals surface area (Å²) in [5.41, 5.74) is 7.70. The van der Waals surface area contributed by atoms with E-state index >= 15 is 0 Å². The molecule has 0 bridgehead atoms. The molecular weight excluding hydrogens is 478 g/mol. The highest BCUT2D eigenvalue weighted by Crippen LogP contribution is 2.19. The van der Waals surface area contributed by atoms with E-state index in [2.05, 4.69) is 30.9 Å². The van der Waals surface area contributed by atoms with Crippen molar-refractivity contribution in [3.05, 3.63) is 54.2 Å². The van der Waals surface area contributed by atoms with Crippen molar-refractivity contribution in [2.45, 2.75) is 51.2 Å². The largest absolute Gasteiger partial charge is 0.480 e. The lowest BCUT2D eigenvalue weighted by Gasteiger charge is -2.25. The van der Waals surface area contributed by atoms with E-state index in [0.29, 0.717) is 5.69 Å². The number of hydrogen-bond donors (Lipinski definition) is 7. The molecule has 8 N–H and O–H groups in total.